The summed E-state index contributed by atoms with van der Waals surface area (Å²) < 4.78 is 1.76. The van der Waals surface area contributed by atoms with Gasteiger partial charge in [0.05, 0.1) is 0 Å². The van der Waals surface area contributed by atoms with Crippen molar-refractivity contribution in [3.05, 3.63) is 17.0 Å². The molecule has 0 amide bonds. The number of hydrogen-bond donors (Lipinski definition) is 0. The number of halogens is 1. The Morgan fingerprint density at radius 1 is 1.44 bits per heavy atom. The molecule has 0 saturated heterocycles. The van der Waals surface area contributed by atoms with Gasteiger partial charge >= 0.3 is 0 Å². The first kappa shape index (κ1) is 13.1. The van der Waals surface area contributed by atoms with Crippen LogP contribution in [-0.2, 0) is 0 Å². The number of aromatic nitrogens is 4. The van der Waals surface area contributed by atoms with Gasteiger partial charge in [-0.25, -0.2) is 0 Å². The molecular weight excluding hydrogens is 250 g/mol. The predicted molar refractivity (Wildman–Crippen MR) is 73.3 cm³/mol. The van der Waals surface area contributed by atoms with Gasteiger partial charge in [0, 0.05) is 18.2 Å². The minimum atomic E-state index is 0.370. The summed E-state index contributed by atoms with van der Waals surface area (Å²) in [5.74, 6) is 1.53. The van der Waals surface area contributed by atoms with E-state index in [4.69, 9.17) is 11.6 Å². The van der Waals surface area contributed by atoms with Crippen LogP contribution >= 0.6 is 11.6 Å². The molecule has 0 spiro atoms. The van der Waals surface area contributed by atoms with Gasteiger partial charge in [-0.15, -0.1) is 0 Å². The second-order valence-electron chi connectivity index (χ2n) is 4.61. The van der Waals surface area contributed by atoms with Crippen LogP contribution in [0.3, 0.4) is 0 Å². The zero-order chi connectivity index (χ0) is 13.3. The molecule has 0 saturated carbocycles. The van der Waals surface area contributed by atoms with Crippen LogP contribution in [-0.4, -0.2) is 32.2 Å². The summed E-state index contributed by atoms with van der Waals surface area (Å²) in [5, 5.41) is 4.74. The summed E-state index contributed by atoms with van der Waals surface area (Å²) in [6.07, 6.45) is 2.57. The Labute approximate surface area is 112 Å². The fourth-order valence-electron chi connectivity index (χ4n) is 2.07. The molecule has 0 atom stereocenters. The van der Waals surface area contributed by atoms with Gasteiger partial charge in [0.1, 0.15) is 17.3 Å². The van der Waals surface area contributed by atoms with E-state index in [1.165, 1.54) is 6.33 Å². The van der Waals surface area contributed by atoms with Crippen LogP contribution < -0.4 is 4.90 Å². The van der Waals surface area contributed by atoms with Crippen LogP contribution in [0.2, 0.25) is 5.15 Å². The lowest BCUT2D eigenvalue weighted by atomic mass is 10.2. The SMILES string of the molecule is CCCN(c1c(C)c(Cl)nc2ncnn12)C(C)C. The van der Waals surface area contributed by atoms with Crippen molar-refractivity contribution in [1.82, 2.24) is 19.6 Å². The average Bonchev–Trinajstić information content (AvgIpc) is 2.76. The molecule has 0 aliphatic carbocycles. The summed E-state index contributed by atoms with van der Waals surface area (Å²) in [6.45, 7) is 9.40. The van der Waals surface area contributed by atoms with Gasteiger partial charge in [0.25, 0.3) is 5.78 Å². The van der Waals surface area contributed by atoms with Crippen molar-refractivity contribution in [3.8, 4) is 0 Å². The fourth-order valence-corrected chi connectivity index (χ4v) is 2.23. The molecule has 0 N–H and O–H groups in total. The van der Waals surface area contributed by atoms with Crippen LogP contribution in [0.25, 0.3) is 5.78 Å². The number of hydrogen-bond acceptors (Lipinski definition) is 4. The molecule has 0 aliphatic rings. The number of anilines is 1. The second kappa shape index (κ2) is 5.10. The van der Waals surface area contributed by atoms with Gasteiger partial charge in [0.2, 0.25) is 0 Å². The van der Waals surface area contributed by atoms with E-state index in [0.29, 0.717) is 17.0 Å². The first-order valence-corrected chi connectivity index (χ1v) is 6.56. The lowest BCUT2D eigenvalue weighted by molar-refractivity contribution is 0.646. The van der Waals surface area contributed by atoms with Gasteiger partial charge in [0.15, 0.2) is 0 Å². The quantitative estimate of drug-likeness (QED) is 0.799. The summed E-state index contributed by atoms with van der Waals surface area (Å²) in [6, 6.07) is 0.370. The lowest BCUT2D eigenvalue weighted by Crippen LogP contribution is -2.34. The van der Waals surface area contributed by atoms with Gasteiger partial charge in [-0.2, -0.15) is 19.6 Å². The van der Waals surface area contributed by atoms with Gasteiger partial charge in [-0.1, -0.05) is 18.5 Å². The van der Waals surface area contributed by atoms with Gasteiger partial charge in [-0.3, -0.25) is 0 Å². The number of rotatable bonds is 4. The van der Waals surface area contributed by atoms with Crippen molar-refractivity contribution in [2.24, 2.45) is 0 Å². The number of nitrogens with zero attached hydrogens (tertiary/aromatic N) is 5. The Hall–Kier alpha value is -1.36. The molecule has 2 aromatic heterocycles. The van der Waals surface area contributed by atoms with Crippen LogP contribution in [0, 0.1) is 6.92 Å². The fraction of sp³-hybridized carbons (Fsp3) is 0.583. The normalized spacial score (nSPS) is 11.4. The zero-order valence-electron chi connectivity index (χ0n) is 11.2. The minimum absolute atomic E-state index is 0.370. The standard InChI is InChI=1S/C12H18ClN5/c1-5-6-17(8(2)3)11-9(4)10(13)16-12-14-7-15-18(11)12/h7-8H,5-6H2,1-4H3. The molecule has 0 fully saturated rings. The predicted octanol–water partition coefficient (Wildman–Crippen LogP) is 2.71. The maximum atomic E-state index is 6.18. The van der Waals surface area contributed by atoms with Crippen LogP contribution in [0.5, 0.6) is 0 Å². The molecule has 0 aromatic carbocycles. The van der Waals surface area contributed by atoms with E-state index in [1.54, 1.807) is 4.52 Å². The van der Waals surface area contributed by atoms with E-state index in [-0.39, 0.29) is 0 Å². The zero-order valence-corrected chi connectivity index (χ0v) is 11.9. The van der Waals surface area contributed by atoms with Crippen molar-refractivity contribution >= 4 is 23.2 Å². The highest BCUT2D eigenvalue weighted by molar-refractivity contribution is 6.30. The average molecular weight is 268 g/mol. The van der Waals surface area contributed by atoms with Crippen molar-refractivity contribution in [3.63, 3.8) is 0 Å². The third-order valence-electron chi connectivity index (χ3n) is 2.93. The van der Waals surface area contributed by atoms with Gasteiger partial charge < -0.3 is 4.90 Å². The third-order valence-corrected chi connectivity index (χ3v) is 3.30. The van der Waals surface area contributed by atoms with E-state index < -0.39 is 0 Å². The Morgan fingerprint density at radius 3 is 2.78 bits per heavy atom. The van der Waals surface area contributed by atoms with Crippen LogP contribution in [0.15, 0.2) is 6.33 Å². The highest BCUT2D eigenvalue weighted by atomic mass is 35.5. The molecule has 0 aliphatic heterocycles. The molecule has 0 radical (unpaired) electrons. The maximum absolute atomic E-state index is 6.18. The van der Waals surface area contributed by atoms with E-state index in [0.717, 1.165) is 24.3 Å². The summed E-state index contributed by atoms with van der Waals surface area (Å²) >= 11 is 6.18. The van der Waals surface area contributed by atoms with Crippen LogP contribution in [0.1, 0.15) is 32.8 Å². The highest BCUT2D eigenvalue weighted by Gasteiger charge is 2.19. The second-order valence-corrected chi connectivity index (χ2v) is 4.97. The third kappa shape index (κ3) is 2.14. The largest absolute Gasteiger partial charge is 0.354 e. The summed E-state index contributed by atoms with van der Waals surface area (Å²) in [7, 11) is 0. The van der Waals surface area contributed by atoms with Crippen molar-refractivity contribution in [1.29, 1.82) is 0 Å². The smallest absolute Gasteiger partial charge is 0.255 e. The summed E-state index contributed by atoms with van der Waals surface area (Å²) in [4.78, 5) is 10.6. The molecule has 5 nitrogen and oxygen atoms in total. The van der Waals surface area contributed by atoms with E-state index in [9.17, 15) is 0 Å². The number of fused-ring (bicyclic) bond motifs is 1. The van der Waals surface area contributed by atoms with Crippen LogP contribution in [0.4, 0.5) is 5.82 Å². The first-order valence-electron chi connectivity index (χ1n) is 6.18. The molecule has 2 aromatic rings. The molecule has 0 unspecified atom stereocenters. The topological polar surface area (TPSA) is 46.3 Å². The Balaban J connectivity index is 2.66. The maximum Gasteiger partial charge on any atom is 0.255 e. The molecular formula is C12H18ClN5. The van der Waals surface area contributed by atoms with Crippen molar-refractivity contribution in [2.45, 2.75) is 40.2 Å². The van der Waals surface area contributed by atoms with Crippen molar-refractivity contribution < 1.29 is 0 Å². The molecule has 2 heterocycles. The van der Waals surface area contributed by atoms with E-state index >= 15 is 0 Å². The first-order chi connectivity index (χ1) is 8.56. The van der Waals surface area contributed by atoms with Gasteiger partial charge in [-0.05, 0) is 27.2 Å². The lowest BCUT2D eigenvalue weighted by Gasteiger charge is -2.30. The Morgan fingerprint density at radius 2 is 2.17 bits per heavy atom. The molecule has 98 valence electrons. The monoisotopic (exact) mass is 267 g/mol. The summed E-state index contributed by atoms with van der Waals surface area (Å²) in [5.41, 5.74) is 0.941. The Bertz CT molecular complexity index is 549. The molecule has 18 heavy (non-hydrogen) atoms. The highest BCUT2D eigenvalue weighted by Crippen LogP contribution is 2.27. The molecule has 2 rings (SSSR count). The molecule has 6 heteroatoms. The van der Waals surface area contributed by atoms with Crippen molar-refractivity contribution in [2.75, 3.05) is 11.4 Å². The molecule has 0 bridgehead atoms. The Kier molecular flexibility index (Phi) is 3.71. The van der Waals surface area contributed by atoms with E-state index in [2.05, 4.69) is 40.7 Å². The van der Waals surface area contributed by atoms with E-state index in [1.807, 2.05) is 6.92 Å². The minimum Gasteiger partial charge on any atom is -0.354 e.